The van der Waals surface area contributed by atoms with Gasteiger partial charge in [-0.3, -0.25) is 0 Å². The number of hydrogen-bond donors (Lipinski definition) is 0. The van der Waals surface area contributed by atoms with E-state index in [1.165, 1.54) is 0 Å². The third-order valence-electron chi connectivity index (χ3n) is 8.40. The molecular weight excluding hydrogens is 636 g/mol. The molecule has 9 nitrogen and oxygen atoms in total. The minimum Gasteiger partial charge on any atom is -0.374 e. The average molecular weight is 687 g/mol. The van der Waals surface area contributed by atoms with E-state index in [9.17, 15) is 0 Å². The van der Waals surface area contributed by atoms with E-state index in [0.717, 1.165) is 16.7 Å². The fourth-order valence-corrected chi connectivity index (χ4v) is 6.02. The van der Waals surface area contributed by atoms with Crippen molar-refractivity contribution in [2.24, 2.45) is 0 Å². The third kappa shape index (κ3) is 11.3. The third-order valence-corrected chi connectivity index (χ3v) is 8.40. The molecule has 0 amide bonds. The number of ether oxygens (including phenoxy) is 9. The summed E-state index contributed by atoms with van der Waals surface area (Å²) in [5.41, 5.74) is 3.13. The molecule has 8 atom stereocenters. The van der Waals surface area contributed by atoms with Crippen molar-refractivity contribution in [1.29, 1.82) is 0 Å². The van der Waals surface area contributed by atoms with Crippen molar-refractivity contribution in [2.45, 2.75) is 68.8 Å². The molecule has 0 saturated carbocycles. The second-order valence-corrected chi connectivity index (χ2v) is 12.1. The average Bonchev–Trinajstić information content (AvgIpc) is 3.53. The Morgan fingerprint density at radius 1 is 0.540 bits per heavy atom. The van der Waals surface area contributed by atoms with E-state index in [0.29, 0.717) is 33.0 Å². The monoisotopic (exact) mass is 686 g/mol. The molecule has 0 aliphatic carbocycles. The molecule has 0 radical (unpaired) electrons. The van der Waals surface area contributed by atoms with Crippen molar-refractivity contribution in [1.82, 2.24) is 0 Å². The molecule has 2 heterocycles. The molecule has 268 valence electrons. The van der Waals surface area contributed by atoms with Crippen LogP contribution in [-0.4, -0.2) is 88.7 Å². The Morgan fingerprint density at radius 3 is 1.56 bits per heavy atom. The lowest BCUT2D eigenvalue weighted by Crippen LogP contribution is -2.62. The highest BCUT2D eigenvalue weighted by molar-refractivity contribution is 5.15. The van der Waals surface area contributed by atoms with Crippen molar-refractivity contribution in [3.05, 3.63) is 146 Å². The summed E-state index contributed by atoms with van der Waals surface area (Å²) in [6.45, 7) is 14.5. The first-order valence-electron chi connectivity index (χ1n) is 17.2. The maximum absolute atomic E-state index is 6.79. The highest BCUT2D eigenvalue weighted by Gasteiger charge is 2.51. The van der Waals surface area contributed by atoms with Gasteiger partial charge in [-0.2, -0.15) is 0 Å². The Morgan fingerprint density at radius 2 is 1.02 bits per heavy atom. The molecule has 2 fully saturated rings. The van der Waals surface area contributed by atoms with E-state index in [2.05, 4.69) is 19.7 Å². The lowest BCUT2D eigenvalue weighted by molar-refractivity contribution is -0.335. The predicted molar refractivity (Wildman–Crippen MR) is 190 cm³/mol. The molecule has 50 heavy (non-hydrogen) atoms. The van der Waals surface area contributed by atoms with Crippen molar-refractivity contribution in [3.8, 4) is 0 Å². The highest BCUT2D eigenvalue weighted by Crippen LogP contribution is 2.33. The van der Waals surface area contributed by atoms with Gasteiger partial charge in [0.2, 0.25) is 0 Å². The summed E-state index contributed by atoms with van der Waals surface area (Å²) in [6.07, 6.45) is 0.520. The summed E-state index contributed by atoms with van der Waals surface area (Å²) in [6, 6.07) is 29.9. The molecule has 0 N–H and O–H groups in total. The SMILES string of the molecule is C=CCO[C@@H]1[C@@H](OCc2ccccc2)[C@@H](O[C@H]2CO[C@H](COCc3ccccc3)[C@H]2OCC=C)O[C@H](COCc2ccccc2)[C@H]1OCC=C. The Kier molecular flexibility index (Phi) is 15.9. The van der Waals surface area contributed by atoms with Gasteiger partial charge in [0.15, 0.2) is 6.29 Å². The quantitative estimate of drug-likeness (QED) is 0.114. The van der Waals surface area contributed by atoms with Crippen molar-refractivity contribution in [2.75, 3.05) is 39.6 Å². The summed E-state index contributed by atoms with van der Waals surface area (Å²) < 4.78 is 57.6. The van der Waals surface area contributed by atoms with Crippen LogP contribution in [0, 0.1) is 0 Å². The number of rotatable bonds is 22. The largest absolute Gasteiger partial charge is 0.374 e. The van der Waals surface area contributed by atoms with Gasteiger partial charge in [-0.05, 0) is 16.7 Å². The molecule has 2 saturated heterocycles. The summed E-state index contributed by atoms with van der Waals surface area (Å²) in [5, 5.41) is 0. The second-order valence-electron chi connectivity index (χ2n) is 12.1. The van der Waals surface area contributed by atoms with Gasteiger partial charge in [-0.1, -0.05) is 109 Å². The van der Waals surface area contributed by atoms with Crippen molar-refractivity contribution < 1.29 is 42.6 Å². The zero-order chi connectivity index (χ0) is 34.8. The zero-order valence-electron chi connectivity index (χ0n) is 28.7. The molecule has 2 aliphatic heterocycles. The van der Waals surface area contributed by atoms with E-state index >= 15 is 0 Å². The van der Waals surface area contributed by atoms with Gasteiger partial charge in [-0.25, -0.2) is 0 Å². The van der Waals surface area contributed by atoms with Crippen LogP contribution in [0.4, 0.5) is 0 Å². The molecule has 0 bridgehead atoms. The van der Waals surface area contributed by atoms with Gasteiger partial charge in [0.25, 0.3) is 0 Å². The fraction of sp³-hybridized carbons (Fsp3) is 0.415. The first-order chi connectivity index (χ1) is 24.7. The summed E-state index contributed by atoms with van der Waals surface area (Å²) >= 11 is 0. The zero-order valence-corrected chi connectivity index (χ0v) is 28.7. The molecule has 3 aromatic rings. The number of hydrogen-bond acceptors (Lipinski definition) is 9. The highest BCUT2D eigenvalue weighted by atomic mass is 16.7. The Bertz CT molecular complexity index is 1390. The normalized spacial score (nSPS) is 26.4. The second kappa shape index (κ2) is 21.0. The van der Waals surface area contributed by atoms with E-state index in [-0.39, 0.29) is 32.5 Å². The molecule has 5 rings (SSSR count). The van der Waals surface area contributed by atoms with Gasteiger partial charge < -0.3 is 42.6 Å². The van der Waals surface area contributed by atoms with E-state index in [1.54, 1.807) is 18.2 Å². The minimum absolute atomic E-state index is 0.226. The minimum atomic E-state index is -0.880. The Hall–Kier alpha value is -3.48. The lowest BCUT2D eigenvalue weighted by atomic mass is 9.97. The fourth-order valence-electron chi connectivity index (χ4n) is 6.02. The first-order valence-corrected chi connectivity index (χ1v) is 17.2. The number of benzene rings is 3. The van der Waals surface area contributed by atoms with E-state index < -0.39 is 42.9 Å². The molecule has 3 aromatic carbocycles. The lowest BCUT2D eigenvalue weighted by Gasteiger charge is -2.46. The predicted octanol–water partition coefficient (Wildman–Crippen LogP) is 6.23. The topological polar surface area (TPSA) is 83.1 Å². The van der Waals surface area contributed by atoms with E-state index in [4.69, 9.17) is 42.6 Å². The molecule has 9 heteroatoms. The van der Waals surface area contributed by atoms with Crippen LogP contribution < -0.4 is 0 Å². The first kappa shape index (κ1) is 37.8. The molecule has 0 aromatic heterocycles. The molecule has 0 unspecified atom stereocenters. The smallest absolute Gasteiger partial charge is 0.187 e. The van der Waals surface area contributed by atoms with Crippen LogP contribution in [0.3, 0.4) is 0 Å². The standard InChI is InChI=1S/C41H50O9/c1-4-22-44-37-34(28-42-25-31-16-10-7-11-17-31)47-30-36(37)50-41-40(48-27-33-20-14-9-15-21-33)39(46-24-6-3)38(45-23-5-2)35(49-41)29-43-26-32-18-12-8-13-19-32/h4-21,34-41H,1-3,22-30H2/t34-,35-,36+,37-,38-,39+,40-,41-/m1/s1. The van der Waals surface area contributed by atoms with Crippen LogP contribution in [-0.2, 0) is 62.5 Å². The molecule has 0 spiro atoms. The van der Waals surface area contributed by atoms with Crippen LogP contribution in [0.2, 0.25) is 0 Å². The Balaban J connectivity index is 1.36. The van der Waals surface area contributed by atoms with Gasteiger partial charge >= 0.3 is 0 Å². The summed E-state index contributed by atoms with van der Waals surface area (Å²) in [4.78, 5) is 0. The molecular formula is C41H50O9. The van der Waals surface area contributed by atoms with E-state index in [1.807, 2.05) is 91.0 Å². The van der Waals surface area contributed by atoms with Crippen molar-refractivity contribution in [3.63, 3.8) is 0 Å². The van der Waals surface area contributed by atoms with Gasteiger partial charge in [0.1, 0.15) is 42.7 Å². The maximum atomic E-state index is 6.79. The summed E-state index contributed by atoms with van der Waals surface area (Å²) in [7, 11) is 0. The Labute approximate surface area is 296 Å². The van der Waals surface area contributed by atoms with Crippen LogP contribution in [0.1, 0.15) is 16.7 Å². The summed E-state index contributed by atoms with van der Waals surface area (Å²) in [5.74, 6) is 0. The van der Waals surface area contributed by atoms with Crippen LogP contribution >= 0.6 is 0 Å². The van der Waals surface area contributed by atoms with Crippen molar-refractivity contribution >= 4 is 0 Å². The van der Waals surface area contributed by atoms with Crippen LogP contribution in [0.15, 0.2) is 129 Å². The maximum Gasteiger partial charge on any atom is 0.187 e. The van der Waals surface area contributed by atoms with Gasteiger partial charge in [0, 0.05) is 0 Å². The van der Waals surface area contributed by atoms with Gasteiger partial charge in [-0.15, -0.1) is 19.7 Å². The van der Waals surface area contributed by atoms with Gasteiger partial charge in [0.05, 0.1) is 59.5 Å². The molecule has 2 aliphatic rings. The van der Waals surface area contributed by atoms with Crippen LogP contribution in [0.5, 0.6) is 0 Å². The van der Waals surface area contributed by atoms with Crippen LogP contribution in [0.25, 0.3) is 0 Å².